The van der Waals surface area contributed by atoms with Crippen LogP contribution >= 0.6 is 7.60 Å². The third-order valence-corrected chi connectivity index (χ3v) is 3.03. The van der Waals surface area contributed by atoms with Gasteiger partial charge in [-0.05, 0) is 6.42 Å². The zero-order valence-corrected chi connectivity index (χ0v) is 11.4. The van der Waals surface area contributed by atoms with Crippen LogP contribution in [0.2, 0.25) is 0 Å². The highest BCUT2D eigenvalue weighted by Gasteiger charge is 2.29. The third kappa shape index (κ3) is 4.37. The summed E-state index contributed by atoms with van der Waals surface area (Å²) in [5.41, 5.74) is -1.11. The Hall–Kier alpha value is -1.29. The molecule has 114 valence electrons. The second-order valence-electron chi connectivity index (χ2n) is 4.08. The van der Waals surface area contributed by atoms with Crippen LogP contribution < -0.4 is 17.4 Å². The van der Waals surface area contributed by atoms with Crippen molar-refractivity contribution in [1.82, 2.24) is 15.7 Å². The Morgan fingerprint density at radius 2 is 2.15 bits per heavy atom. The second kappa shape index (κ2) is 6.44. The SMILES string of the molecule is N.O=c1ccn(C2CCC(OCP(=O)(O)O)O2)c(=O)[nH]1. The van der Waals surface area contributed by atoms with Crippen molar-refractivity contribution in [2.75, 3.05) is 6.35 Å². The van der Waals surface area contributed by atoms with Gasteiger partial charge in [-0.2, -0.15) is 0 Å². The molecule has 20 heavy (non-hydrogen) atoms. The van der Waals surface area contributed by atoms with Crippen LogP contribution in [0.5, 0.6) is 0 Å². The van der Waals surface area contributed by atoms with Gasteiger partial charge >= 0.3 is 13.3 Å². The zero-order valence-electron chi connectivity index (χ0n) is 10.5. The maximum Gasteiger partial charge on any atom is 0.351 e. The number of H-pyrrole nitrogens is 1. The molecule has 2 rings (SSSR count). The molecule has 0 spiro atoms. The van der Waals surface area contributed by atoms with Crippen molar-refractivity contribution in [2.24, 2.45) is 0 Å². The first-order chi connectivity index (χ1) is 8.85. The summed E-state index contributed by atoms with van der Waals surface area (Å²) in [7, 11) is -4.24. The van der Waals surface area contributed by atoms with E-state index in [0.29, 0.717) is 12.8 Å². The summed E-state index contributed by atoms with van der Waals surface area (Å²) in [5, 5.41) is 0. The lowest BCUT2D eigenvalue weighted by Gasteiger charge is -2.16. The Morgan fingerprint density at radius 3 is 2.75 bits per heavy atom. The standard InChI is InChI=1S/C9H13N2O7P.H3N/c12-6-3-4-11(9(13)10-6)7-1-2-8(18-7)17-5-19(14,15)16;/h3-4,7-8H,1-2,5H2,(H,10,12,13)(H2,14,15,16);1H3. The molecule has 1 aliphatic rings. The van der Waals surface area contributed by atoms with E-state index in [1.807, 2.05) is 0 Å². The van der Waals surface area contributed by atoms with Crippen molar-refractivity contribution in [3.63, 3.8) is 0 Å². The maximum absolute atomic E-state index is 11.5. The summed E-state index contributed by atoms with van der Waals surface area (Å²) in [5.74, 6) is 0. The lowest BCUT2D eigenvalue weighted by atomic mass is 10.3. The van der Waals surface area contributed by atoms with E-state index in [9.17, 15) is 14.2 Å². The van der Waals surface area contributed by atoms with Gasteiger partial charge in [0, 0.05) is 18.7 Å². The highest BCUT2D eigenvalue weighted by Crippen LogP contribution is 2.36. The number of nitrogens with zero attached hydrogens (tertiary/aromatic N) is 1. The van der Waals surface area contributed by atoms with E-state index in [0.717, 1.165) is 0 Å². The fourth-order valence-electron chi connectivity index (χ4n) is 1.75. The van der Waals surface area contributed by atoms with Gasteiger partial charge in [0.1, 0.15) is 6.23 Å². The van der Waals surface area contributed by atoms with Gasteiger partial charge in [-0.15, -0.1) is 0 Å². The molecule has 0 radical (unpaired) electrons. The highest BCUT2D eigenvalue weighted by molar-refractivity contribution is 7.51. The Morgan fingerprint density at radius 1 is 1.45 bits per heavy atom. The number of aromatic amines is 1. The van der Waals surface area contributed by atoms with Crippen molar-refractivity contribution in [1.29, 1.82) is 0 Å². The summed E-state index contributed by atoms with van der Waals surface area (Å²) >= 11 is 0. The van der Waals surface area contributed by atoms with E-state index in [1.165, 1.54) is 16.8 Å². The van der Waals surface area contributed by atoms with Crippen molar-refractivity contribution >= 4 is 7.60 Å². The predicted molar refractivity (Wildman–Crippen MR) is 67.5 cm³/mol. The van der Waals surface area contributed by atoms with E-state index in [-0.39, 0.29) is 6.15 Å². The summed E-state index contributed by atoms with van der Waals surface area (Å²) in [6, 6.07) is 1.19. The molecule has 10 nitrogen and oxygen atoms in total. The Bertz CT molecular complexity index is 606. The molecule has 2 heterocycles. The average Bonchev–Trinajstić information content (AvgIpc) is 2.74. The zero-order chi connectivity index (χ0) is 14.0. The second-order valence-corrected chi connectivity index (χ2v) is 5.66. The third-order valence-electron chi connectivity index (χ3n) is 2.55. The number of aromatic nitrogens is 2. The molecule has 1 aromatic rings. The molecule has 2 atom stereocenters. The molecule has 1 fully saturated rings. The van der Waals surface area contributed by atoms with E-state index >= 15 is 0 Å². The lowest BCUT2D eigenvalue weighted by molar-refractivity contribution is -0.142. The molecule has 11 heteroatoms. The molecular formula is C9H16N3O7P. The average molecular weight is 309 g/mol. The molecule has 1 saturated heterocycles. The van der Waals surface area contributed by atoms with Gasteiger partial charge in [0.15, 0.2) is 12.6 Å². The van der Waals surface area contributed by atoms with Gasteiger partial charge in [0.05, 0.1) is 0 Å². The van der Waals surface area contributed by atoms with Gasteiger partial charge in [-0.1, -0.05) is 0 Å². The molecule has 0 amide bonds. The van der Waals surface area contributed by atoms with Gasteiger partial charge < -0.3 is 25.4 Å². The van der Waals surface area contributed by atoms with E-state index in [2.05, 4.69) is 4.98 Å². The van der Waals surface area contributed by atoms with Gasteiger partial charge in [-0.25, -0.2) is 4.79 Å². The molecule has 0 saturated carbocycles. The van der Waals surface area contributed by atoms with Gasteiger partial charge in [-0.3, -0.25) is 18.9 Å². The minimum Gasteiger partial charge on any atom is -0.344 e. The summed E-state index contributed by atoms with van der Waals surface area (Å²) < 4.78 is 22.1. The Kier molecular flexibility index (Phi) is 5.40. The topological polar surface area (TPSA) is 166 Å². The number of ether oxygens (including phenoxy) is 2. The number of hydrogen-bond acceptors (Lipinski definition) is 6. The maximum atomic E-state index is 11.5. The molecule has 6 N–H and O–H groups in total. The summed E-state index contributed by atoms with van der Waals surface area (Å²) in [6.45, 7) is 0. The van der Waals surface area contributed by atoms with Crippen LogP contribution in [0.3, 0.4) is 0 Å². The van der Waals surface area contributed by atoms with Crippen LogP contribution in [-0.4, -0.2) is 32.0 Å². The molecule has 0 bridgehead atoms. The molecule has 0 aromatic carbocycles. The van der Waals surface area contributed by atoms with E-state index in [4.69, 9.17) is 19.3 Å². The first kappa shape index (κ1) is 16.8. The number of nitrogens with one attached hydrogen (secondary N) is 1. The van der Waals surface area contributed by atoms with Crippen LogP contribution in [0.25, 0.3) is 0 Å². The van der Waals surface area contributed by atoms with Crippen LogP contribution in [0.4, 0.5) is 0 Å². The van der Waals surface area contributed by atoms with Crippen molar-refractivity contribution in [2.45, 2.75) is 25.4 Å². The fraction of sp³-hybridized carbons (Fsp3) is 0.556. The molecular weight excluding hydrogens is 293 g/mol. The minimum absolute atomic E-state index is 0. The largest absolute Gasteiger partial charge is 0.351 e. The lowest BCUT2D eigenvalue weighted by Crippen LogP contribution is -2.31. The fourth-order valence-corrected chi connectivity index (χ4v) is 2.11. The molecule has 0 aliphatic carbocycles. The van der Waals surface area contributed by atoms with Crippen LogP contribution in [0.1, 0.15) is 19.1 Å². The van der Waals surface area contributed by atoms with Crippen molar-refractivity contribution in [3.05, 3.63) is 33.1 Å². The quantitative estimate of drug-likeness (QED) is 0.539. The minimum atomic E-state index is -4.24. The van der Waals surface area contributed by atoms with Crippen LogP contribution in [0.15, 0.2) is 21.9 Å². The monoisotopic (exact) mass is 309 g/mol. The van der Waals surface area contributed by atoms with Gasteiger partial charge in [0.2, 0.25) is 0 Å². The number of rotatable bonds is 4. The Balaban J connectivity index is 0.00000200. The van der Waals surface area contributed by atoms with Crippen molar-refractivity contribution in [3.8, 4) is 0 Å². The predicted octanol–water partition coefficient (Wildman–Crippen LogP) is -0.515. The first-order valence-corrected chi connectivity index (χ1v) is 7.28. The van der Waals surface area contributed by atoms with E-state index in [1.54, 1.807) is 0 Å². The number of hydrogen-bond donors (Lipinski definition) is 4. The van der Waals surface area contributed by atoms with Gasteiger partial charge in [0.25, 0.3) is 5.56 Å². The normalized spacial score (nSPS) is 22.5. The van der Waals surface area contributed by atoms with Crippen LogP contribution in [0, 0.1) is 0 Å². The summed E-state index contributed by atoms with van der Waals surface area (Å²) in [4.78, 5) is 41.9. The highest BCUT2D eigenvalue weighted by atomic mass is 31.2. The summed E-state index contributed by atoms with van der Waals surface area (Å²) in [6.07, 6.45) is 0.0124. The molecule has 2 unspecified atom stereocenters. The smallest absolute Gasteiger partial charge is 0.344 e. The molecule has 1 aliphatic heterocycles. The Labute approximate surface area is 113 Å². The first-order valence-electron chi connectivity index (χ1n) is 5.48. The van der Waals surface area contributed by atoms with Crippen LogP contribution in [-0.2, 0) is 14.0 Å². The van der Waals surface area contributed by atoms with Crippen molar-refractivity contribution < 1.29 is 23.8 Å². The molecule has 1 aromatic heterocycles. The van der Waals surface area contributed by atoms with E-state index < -0.39 is 37.7 Å².